The summed E-state index contributed by atoms with van der Waals surface area (Å²) in [4.78, 5) is 21.4. The van der Waals surface area contributed by atoms with Crippen molar-refractivity contribution in [2.45, 2.75) is 13.8 Å². The first-order valence-electron chi connectivity index (χ1n) is 3.47. The van der Waals surface area contributed by atoms with Gasteiger partial charge in [0.2, 0.25) is 0 Å². The Balaban J connectivity index is 3.67. The summed E-state index contributed by atoms with van der Waals surface area (Å²) in [5.74, 6) is -1.27. The smallest absolute Gasteiger partial charge is 0.327 e. The fraction of sp³-hybridized carbons (Fsp3) is 0.714. The molecule has 4 nitrogen and oxygen atoms in total. The molecule has 1 N–H and O–H groups in total. The van der Waals surface area contributed by atoms with Gasteiger partial charge in [-0.05, 0) is 7.05 Å². The number of carbonyl (C=O) groups is 2. The highest BCUT2D eigenvalue weighted by atomic mass is 16.6. The first kappa shape index (κ1) is 10.1. The largest absolute Gasteiger partial charge is 0.392 e. The fourth-order valence-electron chi connectivity index (χ4n) is 0.410. The lowest BCUT2D eigenvalue weighted by Gasteiger charge is -2.03. The monoisotopic (exact) mass is 159 g/mol. The van der Waals surface area contributed by atoms with Crippen molar-refractivity contribution in [3.8, 4) is 0 Å². The highest BCUT2D eigenvalue weighted by molar-refractivity contribution is 5.87. The van der Waals surface area contributed by atoms with Gasteiger partial charge in [0.05, 0.1) is 12.5 Å². The van der Waals surface area contributed by atoms with Crippen molar-refractivity contribution in [2.24, 2.45) is 5.92 Å². The van der Waals surface area contributed by atoms with E-state index in [9.17, 15) is 9.59 Å². The Morgan fingerprint density at radius 3 is 2.36 bits per heavy atom. The van der Waals surface area contributed by atoms with Crippen molar-refractivity contribution in [1.29, 1.82) is 0 Å². The van der Waals surface area contributed by atoms with E-state index in [4.69, 9.17) is 0 Å². The molecular weight excluding hydrogens is 146 g/mol. The van der Waals surface area contributed by atoms with Crippen LogP contribution in [0.5, 0.6) is 0 Å². The van der Waals surface area contributed by atoms with E-state index in [-0.39, 0.29) is 12.5 Å². The minimum absolute atomic E-state index is 0.0679. The Morgan fingerprint density at radius 1 is 1.45 bits per heavy atom. The van der Waals surface area contributed by atoms with Crippen molar-refractivity contribution in [3.05, 3.63) is 0 Å². The molecule has 0 saturated carbocycles. The summed E-state index contributed by atoms with van der Waals surface area (Å²) in [7, 11) is 1.61. The van der Waals surface area contributed by atoms with E-state index in [1.165, 1.54) is 0 Å². The molecule has 0 saturated heterocycles. The van der Waals surface area contributed by atoms with Crippen LogP contribution in [-0.2, 0) is 14.3 Å². The van der Waals surface area contributed by atoms with Gasteiger partial charge in [0.15, 0.2) is 0 Å². The first-order chi connectivity index (χ1) is 5.07. The molecule has 0 atom stereocenters. The molecule has 0 aromatic rings. The number of esters is 2. The molecule has 0 spiro atoms. The number of nitrogens with one attached hydrogen (secondary N) is 1. The minimum Gasteiger partial charge on any atom is -0.392 e. The zero-order valence-corrected chi connectivity index (χ0v) is 7.01. The van der Waals surface area contributed by atoms with Gasteiger partial charge >= 0.3 is 11.9 Å². The lowest BCUT2D eigenvalue weighted by atomic mass is 10.2. The van der Waals surface area contributed by atoms with Crippen LogP contribution in [0.4, 0.5) is 0 Å². The third kappa shape index (κ3) is 4.50. The average molecular weight is 159 g/mol. The fourth-order valence-corrected chi connectivity index (χ4v) is 0.410. The Hall–Kier alpha value is -0.900. The number of likely N-dealkylation sites (N-methyl/N-ethyl adjacent to an activating group) is 1. The van der Waals surface area contributed by atoms with Crippen molar-refractivity contribution in [2.75, 3.05) is 13.6 Å². The molecule has 0 aliphatic carbocycles. The van der Waals surface area contributed by atoms with E-state index in [0.717, 1.165) is 0 Å². The summed E-state index contributed by atoms with van der Waals surface area (Å²) in [5, 5.41) is 2.58. The molecule has 0 rings (SSSR count). The zero-order valence-electron chi connectivity index (χ0n) is 7.01. The molecule has 11 heavy (non-hydrogen) atoms. The number of hydrogen-bond acceptors (Lipinski definition) is 4. The number of hydrogen-bond donors (Lipinski definition) is 1. The van der Waals surface area contributed by atoms with Crippen molar-refractivity contribution >= 4 is 11.9 Å². The molecule has 0 fully saturated rings. The van der Waals surface area contributed by atoms with Gasteiger partial charge in [-0.1, -0.05) is 13.8 Å². The molecular formula is C7H13NO3. The summed E-state index contributed by atoms with van der Waals surface area (Å²) in [6.07, 6.45) is 0. The highest BCUT2D eigenvalue weighted by Gasteiger charge is 2.12. The van der Waals surface area contributed by atoms with Crippen molar-refractivity contribution < 1.29 is 14.3 Å². The van der Waals surface area contributed by atoms with Gasteiger partial charge in [0.1, 0.15) is 0 Å². The lowest BCUT2D eigenvalue weighted by molar-refractivity contribution is -0.161. The second-order valence-electron chi connectivity index (χ2n) is 2.48. The summed E-state index contributed by atoms with van der Waals surface area (Å²) in [6.45, 7) is 3.42. The Bertz CT molecular complexity index is 154. The lowest BCUT2D eigenvalue weighted by Crippen LogP contribution is -2.25. The van der Waals surface area contributed by atoms with Crippen LogP contribution in [0.15, 0.2) is 0 Å². The number of rotatable bonds is 3. The first-order valence-corrected chi connectivity index (χ1v) is 3.47. The molecule has 64 valence electrons. The Labute approximate surface area is 65.9 Å². The quantitative estimate of drug-likeness (QED) is 0.462. The predicted octanol–water partition coefficient (Wildman–Crippen LogP) is -0.0684. The van der Waals surface area contributed by atoms with E-state index in [0.29, 0.717) is 0 Å². The number of ether oxygens (including phenoxy) is 1. The van der Waals surface area contributed by atoms with Gasteiger partial charge in [0.25, 0.3) is 0 Å². The van der Waals surface area contributed by atoms with Crippen LogP contribution in [0.2, 0.25) is 0 Å². The van der Waals surface area contributed by atoms with E-state index in [1.54, 1.807) is 20.9 Å². The van der Waals surface area contributed by atoms with E-state index in [2.05, 4.69) is 10.1 Å². The maximum atomic E-state index is 10.8. The van der Waals surface area contributed by atoms with Crippen LogP contribution >= 0.6 is 0 Å². The third-order valence-electron chi connectivity index (χ3n) is 1.01. The topological polar surface area (TPSA) is 55.4 Å². The van der Waals surface area contributed by atoms with Gasteiger partial charge in [-0.25, -0.2) is 0 Å². The van der Waals surface area contributed by atoms with Gasteiger partial charge < -0.3 is 10.1 Å². The molecule has 4 heteroatoms. The van der Waals surface area contributed by atoms with Crippen LogP contribution in [0, 0.1) is 5.92 Å². The van der Waals surface area contributed by atoms with Gasteiger partial charge in [0, 0.05) is 0 Å². The van der Waals surface area contributed by atoms with E-state index < -0.39 is 11.9 Å². The summed E-state index contributed by atoms with van der Waals surface area (Å²) in [6, 6.07) is 0. The van der Waals surface area contributed by atoms with Crippen LogP contribution in [0.25, 0.3) is 0 Å². The third-order valence-corrected chi connectivity index (χ3v) is 1.01. The molecule has 0 bridgehead atoms. The minimum atomic E-state index is -0.536. The van der Waals surface area contributed by atoms with Crippen molar-refractivity contribution in [1.82, 2.24) is 5.32 Å². The summed E-state index contributed by atoms with van der Waals surface area (Å²) >= 11 is 0. The molecule has 0 aromatic heterocycles. The average Bonchev–Trinajstić information content (AvgIpc) is 1.87. The van der Waals surface area contributed by atoms with E-state index in [1.807, 2.05) is 0 Å². The molecule has 0 aliphatic heterocycles. The van der Waals surface area contributed by atoms with Crippen LogP contribution < -0.4 is 5.32 Å². The Morgan fingerprint density at radius 2 is 2.00 bits per heavy atom. The molecule has 0 aliphatic rings. The highest BCUT2D eigenvalue weighted by Crippen LogP contribution is 1.95. The molecule has 0 heterocycles. The maximum Gasteiger partial charge on any atom is 0.327 e. The summed E-state index contributed by atoms with van der Waals surface area (Å²) in [5.41, 5.74) is 0. The van der Waals surface area contributed by atoms with Gasteiger partial charge in [-0.15, -0.1) is 0 Å². The number of carbonyl (C=O) groups excluding carboxylic acids is 2. The van der Waals surface area contributed by atoms with Gasteiger partial charge in [-0.2, -0.15) is 0 Å². The molecule has 0 aromatic carbocycles. The Kier molecular flexibility index (Phi) is 4.45. The molecule has 0 radical (unpaired) electrons. The molecule has 0 amide bonds. The standard InChI is InChI=1S/C7H13NO3/c1-5(2)7(10)11-6(9)4-8-3/h5,8H,4H2,1-3H3. The SMILES string of the molecule is CNCC(=O)OC(=O)C(C)C. The second kappa shape index (κ2) is 4.85. The van der Waals surface area contributed by atoms with Crippen molar-refractivity contribution in [3.63, 3.8) is 0 Å². The van der Waals surface area contributed by atoms with E-state index >= 15 is 0 Å². The van der Waals surface area contributed by atoms with Crippen LogP contribution in [0.3, 0.4) is 0 Å². The maximum absolute atomic E-state index is 10.8. The summed E-state index contributed by atoms with van der Waals surface area (Å²) < 4.78 is 4.41. The molecule has 0 unspecified atom stereocenters. The normalized spacial score (nSPS) is 9.82. The van der Waals surface area contributed by atoms with Crippen LogP contribution in [-0.4, -0.2) is 25.5 Å². The second-order valence-corrected chi connectivity index (χ2v) is 2.48. The predicted molar refractivity (Wildman–Crippen MR) is 39.9 cm³/mol. The zero-order chi connectivity index (χ0) is 8.85. The van der Waals surface area contributed by atoms with Gasteiger partial charge in [-0.3, -0.25) is 9.59 Å². The van der Waals surface area contributed by atoms with Crippen LogP contribution in [0.1, 0.15) is 13.8 Å².